The maximum atomic E-state index is 14.5. The highest BCUT2D eigenvalue weighted by molar-refractivity contribution is 5.70. The van der Waals surface area contributed by atoms with Crippen molar-refractivity contribution in [2.24, 2.45) is 0 Å². The molecule has 0 aliphatic rings. The van der Waals surface area contributed by atoms with Crippen LogP contribution in [0.4, 0.5) is 26.2 Å². The van der Waals surface area contributed by atoms with Crippen molar-refractivity contribution in [3.63, 3.8) is 0 Å². The number of anilines is 2. The van der Waals surface area contributed by atoms with Crippen molar-refractivity contribution in [3.05, 3.63) is 83.2 Å². The fourth-order valence-corrected chi connectivity index (χ4v) is 2.89. The van der Waals surface area contributed by atoms with E-state index >= 15 is 0 Å². The first kappa shape index (κ1) is 20.8. The number of benzene rings is 1. The van der Waals surface area contributed by atoms with Crippen LogP contribution in [0.25, 0.3) is 16.9 Å². The second-order valence-electron chi connectivity index (χ2n) is 6.53. The van der Waals surface area contributed by atoms with Crippen LogP contribution in [0.15, 0.2) is 61.4 Å². The molecule has 0 radical (unpaired) electrons. The number of nitro groups is 1. The average molecular weight is 438 g/mol. The molecule has 0 amide bonds. The van der Waals surface area contributed by atoms with Gasteiger partial charge in [-0.2, -0.15) is 0 Å². The monoisotopic (exact) mass is 438 g/mol. The van der Waals surface area contributed by atoms with Gasteiger partial charge in [0.15, 0.2) is 0 Å². The van der Waals surface area contributed by atoms with E-state index in [0.717, 1.165) is 18.3 Å². The zero-order chi connectivity index (χ0) is 22.5. The summed E-state index contributed by atoms with van der Waals surface area (Å²) in [6.45, 7) is 0.798. The van der Waals surface area contributed by atoms with Crippen LogP contribution in [0.5, 0.6) is 0 Å². The van der Waals surface area contributed by atoms with Gasteiger partial charge in [0.1, 0.15) is 29.3 Å². The molecular formula is C20H16F2N8O2. The molecule has 2 N–H and O–H groups in total. The minimum atomic E-state index is -0.748. The minimum absolute atomic E-state index is 0.0967. The number of hydrogen-bond donors (Lipinski definition) is 2. The van der Waals surface area contributed by atoms with E-state index in [0.29, 0.717) is 24.6 Å². The van der Waals surface area contributed by atoms with Crippen LogP contribution in [-0.2, 0) is 0 Å². The van der Waals surface area contributed by atoms with E-state index < -0.39 is 16.6 Å². The molecule has 0 fully saturated rings. The summed E-state index contributed by atoms with van der Waals surface area (Å²) in [5.74, 6) is -0.718. The van der Waals surface area contributed by atoms with Gasteiger partial charge in [0.2, 0.25) is 5.95 Å². The lowest BCUT2D eigenvalue weighted by Crippen LogP contribution is -2.16. The number of nitrogens with zero attached hydrogens (tertiary/aromatic N) is 6. The van der Waals surface area contributed by atoms with Gasteiger partial charge < -0.3 is 15.2 Å². The summed E-state index contributed by atoms with van der Waals surface area (Å²) in [6.07, 6.45) is 7.43. The Morgan fingerprint density at radius 1 is 1.06 bits per heavy atom. The number of imidazole rings is 1. The molecule has 4 rings (SSSR count). The summed E-state index contributed by atoms with van der Waals surface area (Å²) in [5.41, 5.74) is 0.768. The summed E-state index contributed by atoms with van der Waals surface area (Å²) in [6, 6.07) is 6.13. The quantitative estimate of drug-likeness (QED) is 0.244. The Labute approximate surface area is 180 Å². The van der Waals surface area contributed by atoms with Gasteiger partial charge in [0.05, 0.1) is 23.1 Å². The number of rotatable bonds is 8. The summed E-state index contributed by atoms with van der Waals surface area (Å²) >= 11 is 0. The van der Waals surface area contributed by atoms with Crippen molar-refractivity contribution in [2.45, 2.75) is 0 Å². The van der Waals surface area contributed by atoms with Crippen LogP contribution in [0.2, 0.25) is 0 Å². The van der Waals surface area contributed by atoms with E-state index in [1.165, 1.54) is 30.7 Å². The summed E-state index contributed by atoms with van der Waals surface area (Å²) < 4.78 is 29.5. The van der Waals surface area contributed by atoms with Crippen molar-refractivity contribution < 1.29 is 13.7 Å². The summed E-state index contributed by atoms with van der Waals surface area (Å²) in [7, 11) is 0. The number of halogens is 2. The smallest absolute Gasteiger partial charge is 0.287 e. The number of hydrogen-bond acceptors (Lipinski definition) is 8. The van der Waals surface area contributed by atoms with E-state index in [1.54, 1.807) is 17.0 Å². The highest BCUT2D eigenvalue weighted by atomic mass is 19.1. The summed E-state index contributed by atoms with van der Waals surface area (Å²) in [5, 5.41) is 16.7. The zero-order valence-electron chi connectivity index (χ0n) is 16.4. The molecule has 12 heteroatoms. The molecule has 3 aromatic heterocycles. The molecule has 0 bridgehead atoms. The van der Waals surface area contributed by atoms with Crippen molar-refractivity contribution in [1.29, 1.82) is 0 Å². The third kappa shape index (κ3) is 4.64. The SMILES string of the molecule is O=[N+]([O-])c1ccc(NCCNc2ncc(-n3ccnc3)c(-c3ccc(F)cc3F)n2)nc1. The molecule has 10 nitrogen and oxygen atoms in total. The Balaban J connectivity index is 1.49. The standard InChI is InChI=1S/C20H16F2N8O2/c21-13-1-3-15(16(22)9-13)19-17(29-8-7-23-12-29)11-27-20(28-19)25-6-5-24-18-4-2-14(10-26-18)30(31)32/h1-4,7-12H,5-6H2,(H,24,26)(H,25,27,28). The highest BCUT2D eigenvalue weighted by Crippen LogP contribution is 2.28. The van der Waals surface area contributed by atoms with Crippen LogP contribution in [0.1, 0.15) is 0 Å². The molecule has 0 spiro atoms. The largest absolute Gasteiger partial charge is 0.368 e. The molecule has 1 aromatic carbocycles. The second-order valence-corrected chi connectivity index (χ2v) is 6.53. The first-order chi connectivity index (χ1) is 15.5. The molecule has 0 unspecified atom stereocenters. The van der Waals surface area contributed by atoms with Crippen LogP contribution in [0, 0.1) is 21.7 Å². The van der Waals surface area contributed by atoms with Gasteiger partial charge >= 0.3 is 0 Å². The van der Waals surface area contributed by atoms with E-state index in [4.69, 9.17) is 0 Å². The van der Waals surface area contributed by atoms with E-state index in [1.807, 2.05) is 0 Å². The normalized spacial score (nSPS) is 10.7. The van der Waals surface area contributed by atoms with Crippen molar-refractivity contribution in [2.75, 3.05) is 23.7 Å². The third-order valence-corrected chi connectivity index (χ3v) is 4.41. The molecule has 0 saturated carbocycles. The van der Waals surface area contributed by atoms with Crippen molar-refractivity contribution in [1.82, 2.24) is 24.5 Å². The average Bonchev–Trinajstić information content (AvgIpc) is 3.32. The van der Waals surface area contributed by atoms with Crippen LogP contribution in [0.3, 0.4) is 0 Å². The molecule has 162 valence electrons. The predicted octanol–water partition coefficient (Wildman–Crippen LogP) is 3.43. The topological polar surface area (TPSA) is 124 Å². The van der Waals surface area contributed by atoms with Gasteiger partial charge in [-0.1, -0.05) is 0 Å². The molecular weight excluding hydrogens is 422 g/mol. The van der Waals surface area contributed by atoms with E-state index in [9.17, 15) is 18.9 Å². The van der Waals surface area contributed by atoms with Gasteiger partial charge in [-0.15, -0.1) is 0 Å². The summed E-state index contributed by atoms with van der Waals surface area (Å²) in [4.78, 5) is 26.8. The molecule has 3 heterocycles. The van der Waals surface area contributed by atoms with E-state index in [2.05, 4.69) is 30.6 Å². The Hall–Kier alpha value is -4.48. The Morgan fingerprint density at radius 3 is 2.59 bits per heavy atom. The number of pyridine rings is 1. The van der Waals surface area contributed by atoms with Crippen LogP contribution >= 0.6 is 0 Å². The Morgan fingerprint density at radius 2 is 1.91 bits per heavy atom. The predicted molar refractivity (Wildman–Crippen MR) is 112 cm³/mol. The fraction of sp³-hybridized carbons (Fsp3) is 0.100. The molecule has 0 atom stereocenters. The lowest BCUT2D eigenvalue weighted by Gasteiger charge is -2.13. The fourth-order valence-electron chi connectivity index (χ4n) is 2.89. The third-order valence-electron chi connectivity index (χ3n) is 4.41. The molecule has 0 aliphatic heterocycles. The number of aromatic nitrogens is 5. The zero-order valence-corrected chi connectivity index (χ0v) is 16.4. The van der Waals surface area contributed by atoms with Crippen LogP contribution in [-0.4, -0.2) is 42.5 Å². The van der Waals surface area contributed by atoms with Gasteiger partial charge in [-0.05, 0) is 18.2 Å². The maximum Gasteiger partial charge on any atom is 0.287 e. The minimum Gasteiger partial charge on any atom is -0.368 e. The molecule has 0 saturated heterocycles. The molecule has 32 heavy (non-hydrogen) atoms. The Bertz CT molecular complexity index is 1230. The maximum absolute atomic E-state index is 14.5. The van der Waals surface area contributed by atoms with Crippen molar-refractivity contribution >= 4 is 17.5 Å². The van der Waals surface area contributed by atoms with Crippen LogP contribution < -0.4 is 10.6 Å². The van der Waals surface area contributed by atoms with Gasteiger partial charge in [0, 0.05) is 43.2 Å². The van der Waals surface area contributed by atoms with Gasteiger partial charge in [0.25, 0.3) is 5.69 Å². The first-order valence-corrected chi connectivity index (χ1v) is 9.40. The highest BCUT2D eigenvalue weighted by Gasteiger charge is 2.16. The Kier molecular flexibility index (Phi) is 5.92. The number of nitrogens with one attached hydrogen (secondary N) is 2. The molecule has 0 aliphatic carbocycles. The van der Waals surface area contributed by atoms with Gasteiger partial charge in [-0.25, -0.2) is 28.7 Å². The lowest BCUT2D eigenvalue weighted by molar-refractivity contribution is -0.385. The lowest BCUT2D eigenvalue weighted by atomic mass is 10.1. The first-order valence-electron chi connectivity index (χ1n) is 9.40. The van der Waals surface area contributed by atoms with Gasteiger partial charge in [-0.3, -0.25) is 10.1 Å². The van der Waals surface area contributed by atoms with Crippen molar-refractivity contribution in [3.8, 4) is 16.9 Å². The molecule has 4 aromatic rings. The second kappa shape index (κ2) is 9.12. The van der Waals surface area contributed by atoms with E-state index in [-0.39, 0.29) is 22.9 Å².